The molecule has 1 aromatic rings. The summed E-state index contributed by atoms with van der Waals surface area (Å²) < 4.78 is 56.7. The van der Waals surface area contributed by atoms with E-state index >= 15 is 0 Å². The molecule has 0 fully saturated rings. The van der Waals surface area contributed by atoms with E-state index in [0.29, 0.717) is 6.33 Å². The summed E-state index contributed by atoms with van der Waals surface area (Å²) in [5.74, 6) is 0. The fourth-order valence-corrected chi connectivity index (χ4v) is 1.72. The van der Waals surface area contributed by atoms with Gasteiger partial charge in [-0.15, -0.1) is 9.19 Å². The molecule has 0 atom stereocenters. The highest BCUT2D eigenvalue weighted by Gasteiger charge is 2.23. The summed E-state index contributed by atoms with van der Waals surface area (Å²) in [6.07, 6.45) is 0.599. The number of halogens is 1. The van der Waals surface area contributed by atoms with Crippen molar-refractivity contribution < 1.29 is 20.7 Å². The van der Waals surface area contributed by atoms with Crippen LogP contribution in [0.1, 0.15) is 0 Å². The Labute approximate surface area is 85.7 Å². The molecule has 0 aliphatic carbocycles. The molecule has 0 spiro atoms. The fraction of sp³-hybridized carbons (Fsp3) is 0.500. The Morgan fingerprint density at radius 2 is 1.87 bits per heavy atom. The van der Waals surface area contributed by atoms with Gasteiger partial charge in [-0.3, -0.25) is 0 Å². The average Bonchev–Trinajstić information content (AvgIpc) is 2.50. The molecular weight excluding hydrogens is 251 g/mol. The van der Waals surface area contributed by atoms with Crippen LogP contribution in [0.5, 0.6) is 0 Å². The van der Waals surface area contributed by atoms with Crippen LogP contribution < -0.4 is 0 Å². The molecule has 0 unspecified atom stereocenters. The number of aromatic nitrogens is 3. The maximum Gasteiger partial charge on any atom is 0.369 e. The van der Waals surface area contributed by atoms with Crippen LogP contribution in [0.3, 0.4) is 0 Å². The van der Waals surface area contributed by atoms with Crippen molar-refractivity contribution in [1.82, 2.24) is 18.5 Å². The van der Waals surface area contributed by atoms with E-state index in [1.807, 2.05) is 0 Å². The van der Waals surface area contributed by atoms with Gasteiger partial charge in [-0.25, -0.2) is 4.98 Å². The highest BCUT2D eigenvalue weighted by molar-refractivity contribution is 7.87. The highest BCUT2D eigenvalue weighted by Crippen LogP contribution is 2.06. The fourth-order valence-electron chi connectivity index (χ4n) is 0.625. The quantitative estimate of drug-likeness (QED) is 0.617. The van der Waals surface area contributed by atoms with Crippen LogP contribution >= 0.6 is 0 Å². The molecule has 0 amide bonds. The topological polar surface area (TPSA) is 102 Å². The molecule has 0 aromatic carbocycles. The van der Waals surface area contributed by atoms with Crippen LogP contribution in [0.15, 0.2) is 11.5 Å². The van der Waals surface area contributed by atoms with Crippen LogP contribution in [0.25, 0.3) is 0 Å². The largest absolute Gasteiger partial charge is 0.369 e. The smallest absolute Gasteiger partial charge is 0.202 e. The number of nitrogens with zero attached hydrogens (tertiary/aromatic N) is 4. The van der Waals surface area contributed by atoms with Crippen molar-refractivity contribution in [1.29, 1.82) is 0 Å². The van der Waals surface area contributed by atoms with Crippen LogP contribution in [0, 0.1) is 0 Å². The zero-order chi connectivity index (χ0) is 11.9. The molecule has 0 aliphatic rings. The Morgan fingerprint density at radius 3 is 2.20 bits per heavy atom. The summed E-state index contributed by atoms with van der Waals surface area (Å²) in [6.45, 7) is 0. The van der Waals surface area contributed by atoms with Crippen LogP contribution in [-0.4, -0.2) is 49.4 Å². The monoisotopic (exact) mass is 258 g/mol. The zero-order valence-corrected chi connectivity index (χ0v) is 9.33. The standard InChI is InChI=1S/C4H7FN4O4S2/c1-8(2)15(12,13)9-3-6-4(7-9)14(5,10)11/h3H,1-2H3. The minimum atomic E-state index is -5.09. The number of rotatable bonds is 3. The lowest BCUT2D eigenvalue weighted by molar-refractivity contribution is 0.501. The Hall–Kier alpha value is -1.07. The van der Waals surface area contributed by atoms with Crippen molar-refractivity contribution in [3.05, 3.63) is 6.33 Å². The average molecular weight is 258 g/mol. The SMILES string of the molecule is CN(C)S(=O)(=O)n1cnc(S(=O)(=O)F)n1. The Balaban J connectivity index is 3.28. The molecule has 0 saturated heterocycles. The molecule has 0 radical (unpaired) electrons. The van der Waals surface area contributed by atoms with Crippen LogP contribution in [0.4, 0.5) is 3.89 Å². The molecule has 1 heterocycles. The van der Waals surface area contributed by atoms with Gasteiger partial charge in [-0.05, 0) is 0 Å². The predicted molar refractivity (Wildman–Crippen MR) is 46.3 cm³/mol. The van der Waals surface area contributed by atoms with Crippen molar-refractivity contribution in [3.63, 3.8) is 0 Å². The van der Waals surface area contributed by atoms with Crippen molar-refractivity contribution in [2.24, 2.45) is 0 Å². The maximum atomic E-state index is 12.3. The van der Waals surface area contributed by atoms with Gasteiger partial charge in [-0.1, -0.05) is 3.89 Å². The number of hydrogen-bond donors (Lipinski definition) is 0. The summed E-state index contributed by atoms with van der Waals surface area (Å²) in [4.78, 5) is 3.02. The molecule has 0 saturated carbocycles. The maximum absolute atomic E-state index is 12.3. The Kier molecular flexibility index (Phi) is 2.80. The normalized spacial score (nSPS) is 13.3. The number of hydrogen-bond acceptors (Lipinski definition) is 6. The van der Waals surface area contributed by atoms with Gasteiger partial charge in [0, 0.05) is 14.1 Å². The summed E-state index contributed by atoms with van der Waals surface area (Å²) in [7, 11) is -6.65. The highest BCUT2D eigenvalue weighted by atomic mass is 32.3. The van der Waals surface area contributed by atoms with Crippen LogP contribution in [0.2, 0.25) is 0 Å². The van der Waals surface area contributed by atoms with Gasteiger partial charge < -0.3 is 0 Å². The van der Waals surface area contributed by atoms with Gasteiger partial charge in [0.15, 0.2) is 0 Å². The third-order valence-corrected chi connectivity index (χ3v) is 3.56. The van der Waals surface area contributed by atoms with Gasteiger partial charge in [0.2, 0.25) is 0 Å². The molecule has 8 nitrogen and oxygen atoms in total. The summed E-state index contributed by atoms with van der Waals surface area (Å²) in [5.41, 5.74) is 0. The summed E-state index contributed by atoms with van der Waals surface area (Å²) in [5, 5.41) is 1.80. The summed E-state index contributed by atoms with van der Waals surface area (Å²) >= 11 is 0. The first-order valence-corrected chi connectivity index (χ1v) is 6.23. The van der Waals surface area contributed by atoms with Gasteiger partial charge in [-0.2, -0.15) is 21.1 Å². The lowest BCUT2D eigenvalue weighted by atomic mass is 11.3. The molecular formula is C4H7FN4O4S2. The van der Waals surface area contributed by atoms with E-state index in [-0.39, 0.29) is 4.09 Å². The molecule has 0 aliphatic heterocycles. The predicted octanol–water partition coefficient (Wildman–Crippen LogP) is -1.41. The second-order valence-electron chi connectivity index (χ2n) is 2.63. The van der Waals surface area contributed by atoms with Crippen molar-refractivity contribution >= 4 is 20.4 Å². The van der Waals surface area contributed by atoms with Crippen molar-refractivity contribution in [2.75, 3.05) is 14.1 Å². The second kappa shape index (κ2) is 3.50. The molecule has 11 heteroatoms. The molecule has 0 N–H and O–H groups in total. The van der Waals surface area contributed by atoms with Gasteiger partial charge >= 0.3 is 20.4 Å². The Morgan fingerprint density at radius 1 is 1.33 bits per heavy atom. The van der Waals surface area contributed by atoms with E-state index in [0.717, 1.165) is 4.31 Å². The minimum Gasteiger partial charge on any atom is -0.202 e. The minimum absolute atomic E-state index is 0.263. The van der Waals surface area contributed by atoms with Gasteiger partial charge in [0.25, 0.3) is 5.16 Å². The molecule has 1 rings (SSSR count). The third-order valence-electron chi connectivity index (χ3n) is 1.37. The lowest BCUT2D eigenvalue weighted by Gasteiger charge is -2.08. The Bertz CT molecular complexity index is 559. The van der Waals surface area contributed by atoms with Gasteiger partial charge in [0.1, 0.15) is 6.33 Å². The second-order valence-corrected chi connectivity index (χ2v) is 5.87. The first-order chi connectivity index (χ1) is 6.65. The first-order valence-electron chi connectivity index (χ1n) is 3.45. The lowest BCUT2D eigenvalue weighted by Crippen LogP contribution is -2.29. The molecule has 0 bridgehead atoms. The van der Waals surface area contributed by atoms with Crippen molar-refractivity contribution in [3.8, 4) is 0 Å². The van der Waals surface area contributed by atoms with Crippen molar-refractivity contribution in [2.45, 2.75) is 5.16 Å². The van der Waals surface area contributed by atoms with E-state index in [4.69, 9.17) is 0 Å². The molecule has 86 valence electrons. The molecule has 1 aromatic heterocycles. The zero-order valence-electron chi connectivity index (χ0n) is 7.69. The van der Waals surface area contributed by atoms with E-state index in [1.54, 1.807) is 0 Å². The van der Waals surface area contributed by atoms with E-state index in [9.17, 15) is 20.7 Å². The van der Waals surface area contributed by atoms with E-state index in [1.165, 1.54) is 14.1 Å². The van der Waals surface area contributed by atoms with E-state index < -0.39 is 25.6 Å². The molecule has 15 heavy (non-hydrogen) atoms. The summed E-state index contributed by atoms with van der Waals surface area (Å²) in [6, 6.07) is 0. The third kappa shape index (κ3) is 2.30. The van der Waals surface area contributed by atoms with E-state index in [2.05, 4.69) is 10.1 Å². The van der Waals surface area contributed by atoms with Crippen LogP contribution in [-0.2, 0) is 20.4 Å². The van der Waals surface area contributed by atoms with Gasteiger partial charge in [0.05, 0.1) is 0 Å². The first kappa shape index (κ1) is 12.0.